The number of anilines is 3. The van der Waals surface area contributed by atoms with Crippen LogP contribution in [0.2, 0.25) is 0 Å². The highest BCUT2D eigenvalue weighted by Crippen LogP contribution is 2.45. The van der Waals surface area contributed by atoms with Gasteiger partial charge in [-0.25, -0.2) is 0 Å². The van der Waals surface area contributed by atoms with E-state index in [2.05, 4.69) is 182 Å². The Morgan fingerprint density at radius 3 is 1.86 bits per heavy atom. The van der Waals surface area contributed by atoms with Crippen molar-refractivity contribution in [2.45, 2.75) is 6.92 Å². The molecule has 0 saturated carbocycles. The minimum Gasteiger partial charge on any atom is -0.454 e. The summed E-state index contributed by atoms with van der Waals surface area (Å²) in [6, 6.07) is 65.1. The molecule has 0 aliphatic carbocycles. The highest BCUT2D eigenvalue weighted by Gasteiger charge is 2.21. The summed E-state index contributed by atoms with van der Waals surface area (Å²) in [6.07, 6.45) is 0. The number of hydrogen-bond donors (Lipinski definition) is 0. The fourth-order valence-electron chi connectivity index (χ4n) is 7.12. The average molecular weight is 628 g/mol. The van der Waals surface area contributed by atoms with Gasteiger partial charge in [0.15, 0.2) is 5.58 Å². The second-order valence-corrected chi connectivity index (χ2v) is 12.6. The number of nitrogens with zero attached hydrogens (tertiary/aromatic N) is 1. The summed E-state index contributed by atoms with van der Waals surface area (Å²) in [5.74, 6) is 0. The van der Waals surface area contributed by atoms with Gasteiger partial charge in [0.05, 0.1) is 5.69 Å². The van der Waals surface area contributed by atoms with Gasteiger partial charge in [-0.2, -0.15) is 0 Å². The largest absolute Gasteiger partial charge is 0.454 e. The first-order valence-corrected chi connectivity index (χ1v) is 16.8. The molecule has 0 fully saturated rings. The van der Waals surface area contributed by atoms with E-state index in [0.717, 1.165) is 39.0 Å². The predicted molar refractivity (Wildman–Crippen MR) is 207 cm³/mol. The zero-order valence-corrected chi connectivity index (χ0v) is 27.2. The highest BCUT2D eigenvalue weighted by molar-refractivity contribution is 6.10. The van der Waals surface area contributed by atoms with E-state index < -0.39 is 0 Å². The fourth-order valence-corrected chi connectivity index (χ4v) is 7.12. The normalized spacial score (nSPS) is 11.4. The summed E-state index contributed by atoms with van der Waals surface area (Å²) >= 11 is 0. The summed E-state index contributed by atoms with van der Waals surface area (Å²) in [6.45, 7) is 2.13. The van der Waals surface area contributed by atoms with Gasteiger partial charge < -0.3 is 9.32 Å². The Balaban J connectivity index is 1.26. The standard InChI is InChI=1S/C47H33NO/c1-32-21-23-35(24-22-32)41-30-29-38(31-44(41)34-11-3-2-4-12-34)48(45-19-10-18-43-42-16-7-8-20-46(42)49-47(43)45)37-27-25-36(26-28-37)40-17-9-14-33-13-5-6-15-39(33)40/h2-31H,1H3. The zero-order chi connectivity index (χ0) is 32.7. The van der Waals surface area contributed by atoms with Crippen molar-refractivity contribution in [1.82, 2.24) is 0 Å². The molecule has 2 heteroatoms. The fraction of sp³-hybridized carbons (Fsp3) is 0.0213. The quantitative estimate of drug-likeness (QED) is 0.182. The third-order valence-electron chi connectivity index (χ3n) is 9.56. The van der Waals surface area contributed by atoms with Crippen LogP contribution in [0.5, 0.6) is 0 Å². The monoisotopic (exact) mass is 627 g/mol. The SMILES string of the molecule is Cc1ccc(-c2ccc(N(c3ccc(-c4cccc5ccccc45)cc3)c3cccc4c3oc3ccccc34)cc2-c2ccccc2)cc1. The Kier molecular flexibility index (Phi) is 7.06. The van der Waals surface area contributed by atoms with Crippen molar-refractivity contribution in [3.8, 4) is 33.4 Å². The summed E-state index contributed by atoms with van der Waals surface area (Å²) in [4.78, 5) is 2.34. The van der Waals surface area contributed by atoms with Gasteiger partial charge in [-0.15, -0.1) is 0 Å². The number of hydrogen-bond acceptors (Lipinski definition) is 2. The van der Waals surface area contributed by atoms with Gasteiger partial charge in [-0.05, 0) is 87.5 Å². The molecule has 49 heavy (non-hydrogen) atoms. The molecule has 0 unspecified atom stereocenters. The van der Waals surface area contributed by atoms with Crippen LogP contribution in [0, 0.1) is 6.92 Å². The van der Waals surface area contributed by atoms with Crippen LogP contribution in [0.15, 0.2) is 186 Å². The van der Waals surface area contributed by atoms with E-state index in [-0.39, 0.29) is 0 Å². The van der Waals surface area contributed by atoms with Crippen LogP contribution >= 0.6 is 0 Å². The number of furan rings is 1. The van der Waals surface area contributed by atoms with Crippen LogP contribution < -0.4 is 4.90 Å². The van der Waals surface area contributed by atoms with Gasteiger partial charge in [0.2, 0.25) is 0 Å². The lowest BCUT2D eigenvalue weighted by Crippen LogP contribution is -2.10. The summed E-state index contributed by atoms with van der Waals surface area (Å²) in [5, 5.41) is 4.71. The first-order chi connectivity index (χ1) is 24.2. The zero-order valence-electron chi connectivity index (χ0n) is 27.2. The van der Waals surface area contributed by atoms with Gasteiger partial charge in [0, 0.05) is 22.1 Å². The van der Waals surface area contributed by atoms with Crippen LogP contribution in [0.3, 0.4) is 0 Å². The molecular formula is C47H33NO. The maximum absolute atomic E-state index is 6.63. The Bertz CT molecular complexity index is 2590. The third kappa shape index (κ3) is 5.15. The highest BCUT2D eigenvalue weighted by atomic mass is 16.3. The van der Waals surface area contributed by atoms with E-state index in [1.165, 1.54) is 49.7 Å². The van der Waals surface area contributed by atoms with Gasteiger partial charge >= 0.3 is 0 Å². The Morgan fingerprint density at radius 1 is 0.408 bits per heavy atom. The maximum Gasteiger partial charge on any atom is 0.159 e. The van der Waals surface area contributed by atoms with E-state index in [1.54, 1.807) is 0 Å². The topological polar surface area (TPSA) is 16.4 Å². The molecule has 0 N–H and O–H groups in total. The number of benzene rings is 8. The molecule has 8 aromatic carbocycles. The smallest absolute Gasteiger partial charge is 0.159 e. The molecule has 1 aromatic heterocycles. The molecule has 1 heterocycles. The molecule has 0 aliphatic rings. The molecule has 0 spiro atoms. The van der Waals surface area contributed by atoms with E-state index in [0.29, 0.717) is 0 Å². The molecule has 232 valence electrons. The van der Waals surface area contributed by atoms with Crippen molar-refractivity contribution in [2.75, 3.05) is 4.90 Å². The summed E-state index contributed by atoms with van der Waals surface area (Å²) < 4.78 is 6.63. The Morgan fingerprint density at radius 2 is 1.02 bits per heavy atom. The number of aryl methyl sites for hydroxylation is 1. The average Bonchev–Trinajstić information content (AvgIpc) is 3.55. The molecule has 0 atom stereocenters. The first kappa shape index (κ1) is 28.8. The van der Waals surface area contributed by atoms with Crippen LogP contribution in [-0.2, 0) is 0 Å². The van der Waals surface area contributed by atoms with Gasteiger partial charge in [0.1, 0.15) is 5.58 Å². The summed E-state index contributed by atoms with van der Waals surface area (Å²) in [5.41, 5.74) is 13.3. The van der Waals surface area contributed by atoms with Crippen molar-refractivity contribution in [3.05, 3.63) is 188 Å². The lowest BCUT2D eigenvalue weighted by Gasteiger charge is -2.27. The molecule has 9 rings (SSSR count). The predicted octanol–water partition coefficient (Wildman–Crippen LogP) is 13.5. The lowest BCUT2D eigenvalue weighted by molar-refractivity contribution is 0.669. The molecule has 2 nitrogen and oxygen atoms in total. The molecule has 0 amide bonds. The molecule has 0 saturated heterocycles. The number of fused-ring (bicyclic) bond motifs is 4. The van der Waals surface area contributed by atoms with Crippen molar-refractivity contribution in [2.24, 2.45) is 0 Å². The second kappa shape index (κ2) is 12.0. The van der Waals surface area contributed by atoms with E-state index >= 15 is 0 Å². The van der Waals surface area contributed by atoms with Crippen LogP contribution in [0.25, 0.3) is 66.1 Å². The lowest BCUT2D eigenvalue weighted by atomic mass is 9.93. The van der Waals surface area contributed by atoms with Gasteiger partial charge in [0.25, 0.3) is 0 Å². The van der Waals surface area contributed by atoms with Crippen LogP contribution in [-0.4, -0.2) is 0 Å². The molecule has 9 aromatic rings. The Labute approximate surface area is 286 Å². The maximum atomic E-state index is 6.63. The van der Waals surface area contributed by atoms with Crippen molar-refractivity contribution >= 4 is 49.8 Å². The summed E-state index contributed by atoms with van der Waals surface area (Å²) in [7, 11) is 0. The molecule has 0 bridgehead atoms. The van der Waals surface area contributed by atoms with Crippen molar-refractivity contribution < 1.29 is 4.42 Å². The minimum atomic E-state index is 0.866. The number of rotatable bonds is 6. The Hall–Kier alpha value is -6.38. The number of para-hydroxylation sites is 2. The first-order valence-electron chi connectivity index (χ1n) is 16.8. The van der Waals surface area contributed by atoms with E-state index in [9.17, 15) is 0 Å². The van der Waals surface area contributed by atoms with Gasteiger partial charge in [-0.3, -0.25) is 0 Å². The van der Waals surface area contributed by atoms with Crippen molar-refractivity contribution in [1.29, 1.82) is 0 Å². The van der Waals surface area contributed by atoms with Crippen LogP contribution in [0.4, 0.5) is 17.1 Å². The van der Waals surface area contributed by atoms with Gasteiger partial charge in [-0.1, -0.05) is 151 Å². The van der Waals surface area contributed by atoms with Crippen LogP contribution in [0.1, 0.15) is 5.56 Å². The second-order valence-electron chi connectivity index (χ2n) is 12.6. The van der Waals surface area contributed by atoms with E-state index in [4.69, 9.17) is 4.42 Å². The third-order valence-corrected chi connectivity index (χ3v) is 9.56. The molecule has 0 aliphatic heterocycles. The minimum absolute atomic E-state index is 0.866. The van der Waals surface area contributed by atoms with Crippen molar-refractivity contribution in [3.63, 3.8) is 0 Å². The molecule has 0 radical (unpaired) electrons. The molecular weight excluding hydrogens is 595 g/mol. The van der Waals surface area contributed by atoms with E-state index in [1.807, 2.05) is 12.1 Å².